The Morgan fingerprint density at radius 3 is 2.26 bits per heavy atom. The lowest BCUT2D eigenvalue weighted by Crippen LogP contribution is -2.42. The van der Waals surface area contributed by atoms with Crippen LogP contribution in [0.1, 0.15) is 21.7 Å². The molecule has 0 bridgehead atoms. The number of nitrogens with zero attached hydrogens (tertiary/aromatic N) is 2. The SMILES string of the molecule is Cc1ccc(NS(=O)(=O)c2ccc(C(=O)NNC(=O)Cc3nc4ccccc4n3C)cc2)cc1. The van der Waals surface area contributed by atoms with Gasteiger partial charge in [0.05, 0.1) is 22.3 Å². The van der Waals surface area contributed by atoms with E-state index in [9.17, 15) is 18.0 Å². The van der Waals surface area contributed by atoms with Crippen LogP contribution in [0.15, 0.2) is 77.7 Å². The number of imidazole rings is 1. The molecule has 3 aromatic carbocycles. The van der Waals surface area contributed by atoms with E-state index in [1.165, 1.54) is 24.3 Å². The molecule has 0 aliphatic carbocycles. The molecule has 3 N–H and O–H groups in total. The highest BCUT2D eigenvalue weighted by Gasteiger charge is 2.16. The van der Waals surface area contributed by atoms with Crippen LogP contribution in [0.5, 0.6) is 0 Å². The maximum Gasteiger partial charge on any atom is 0.269 e. The molecule has 0 aliphatic rings. The molecule has 0 saturated carbocycles. The Hall–Kier alpha value is -4.18. The quantitative estimate of drug-likeness (QED) is 0.369. The topological polar surface area (TPSA) is 122 Å². The molecule has 0 unspecified atom stereocenters. The van der Waals surface area contributed by atoms with Crippen LogP contribution in [0.3, 0.4) is 0 Å². The van der Waals surface area contributed by atoms with E-state index in [4.69, 9.17) is 0 Å². The number of hydrogen-bond acceptors (Lipinski definition) is 5. The summed E-state index contributed by atoms with van der Waals surface area (Å²) in [4.78, 5) is 29.1. The number of nitrogens with one attached hydrogen (secondary N) is 3. The van der Waals surface area contributed by atoms with E-state index in [0.717, 1.165) is 16.6 Å². The molecule has 0 fully saturated rings. The molecular formula is C24H23N5O4S. The number of carbonyl (C=O) groups excluding carboxylic acids is 2. The van der Waals surface area contributed by atoms with Gasteiger partial charge in [-0.2, -0.15) is 0 Å². The van der Waals surface area contributed by atoms with Crippen LogP contribution in [-0.2, 0) is 28.3 Å². The Labute approximate surface area is 196 Å². The van der Waals surface area contributed by atoms with Crippen molar-refractivity contribution in [3.05, 3.63) is 89.7 Å². The van der Waals surface area contributed by atoms with E-state index in [1.807, 2.05) is 42.8 Å². The van der Waals surface area contributed by atoms with E-state index in [1.54, 1.807) is 24.3 Å². The third kappa shape index (κ3) is 5.07. The lowest BCUT2D eigenvalue weighted by Gasteiger charge is -2.10. The van der Waals surface area contributed by atoms with Gasteiger partial charge in [0.1, 0.15) is 5.82 Å². The van der Waals surface area contributed by atoms with Crippen LogP contribution in [0.4, 0.5) is 5.69 Å². The van der Waals surface area contributed by atoms with Gasteiger partial charge in [0, 0.05) is 18.3 Å². The average Bonchev–Trinajstić information content (AvgIpc) is 3.14. The Kier molecular flexibility index (Phi) is 6.33. The van der Waals surface area contributed by atoms with E-state index in [-0.39, 0.29) is 16.9 Å². The largest absolute Gasteiger partial charge is 0.331 e. The van der Waals surface area contributed by atoms with Gasteiger partial charge in [0.2, 0.25) is 5.91 Å². The van der Waals surface area contributed by atoms with E-state index in [2.05, 4.69) is 20.6 Å². The number of anilines is 1. The van der Waals surface area contributed by atoms with Gasteiger partial charge in [0.25, 0.3) is 15.9 Å². The number of hydrazine groups is 1. The third-order valence-electron chi connectivity index (χ3n) is 5.24. The highest BCUT2D eigenvalue weighted by Crippen LogP contribution is 2.17. The minimum atomic E-state index is -3.80. The van der Waals surface area contributed by atoms with Crippen molar-refractivity contribution in [3.8, 4) is 0 Å². The minimum Gasteiger partial charge on any atom is -0.331 e. The van der Waals surface area contributed by atoms with Crippen LogP contribution in [-0.4, -0.2) is 29.8 Å². The first-order valence-electron chi connectivity index (χ1n) is 10.4. The van der Waals surface area contributed by atoms with Crippen molar-refractivity contribution in [3.63, 3.8) is 0 Å². The molecule has 4 aromatic rings. The maximum absolute atomic E-state index is 12.6. The summed E-state index contributed by atoms with van der Waals surface area (Å²) < 4.78 is 29.5. The number of aromatic nitrogens is 2. The number of rotatable bonds is 6. The zero-order valence-corrected chi connectivity index (χ0v) is 19.4. The van der Waals surface area contributed by atoms with Crippen molar-refractivity contribution in [2.75, 3.05) is 4.72 Å². The predicted octanol–water partition coefficient (Wildman–Crippen LogP) is 2.69. The number of sulfonamides is 1. The van der Waals surface area contributed by atoms with Gasteiger partial charge in [-0.3, -0.25) is 25.2 Å². The fourth-order valence-corrected chi connectivity index (χ4v) is 4.42. The molecule has 0 saturated heterocycles. The van der Waals surface area contributed by atoms with Crippen molar-refractivity contribution in [2.45, 2.75) is 18.2 Å². The van der Waals surface area contributed by atoms with Gasteiger partial charge in [-0.15, -0.1) is 0 Å². The molecular weight excluding hydrogens is 454 g/mol. The van der Waals surface area contributed by atoms with Crippen LogP contribution < -0.4 is 15.6 Å². The average molecular weight is 478 g/mol. The predicted molar refractivity (Wildman–Crippen MR) is 128 cm³/mol. The molecule has 174 valence electrons. The highest BCUT2D eigenvalue weighted by molar-refractivity contribution is 7.92. The summed E-state index contributed by atoms with van der Waals surface area (Å²) in [7, 11) is -1.99. The first-order chi connectivity index (χ1) is 16.2. The Morgan fingerprint density at radius 2 is 1.59 bits per heavy atom. The monoisotopic (exact) mass is 477 g/mol. The van der Waals surface area contributed by atoms with Gasteiger partial charge in [-0.1, -0.05) is 29.8 Å². The van der Waals surface area contributed by atoms with Gasteiger partial charge < -0.3 is 4.57 Å². The first-order valence-corrected chi connectivity index (χ1v) is 11.9. The summed E-state index contributed by atoms with van der Waals surface area (Å²) in [6, 6.07) is 19.9. The van der Waals surface area contributed by atoms with Crippen LogP contribution >= 0.6 is 0 Å². The zero-order chi connectivity index (χ0) is 24.3. The second kappa shape index (κ2) is 9.36. The van der Waals surface area contributed by atoms with E-state index >= 15 is 0 Å². The molecule has 1 heterocycles. The summed E-state index contributed by atoms with van der Waals surface area (Å²) in [5.74, 6) is -0.453. The fourth-order valence-electron chi connectivity index (χ4n) is 3.36. The first kappa shape index (κ1) is 23.0. The van der Waals surface area contributed by atoms with Crippen molar-refractivity contribution < 1.29 is 18.0 Å². The van der Waals surface area contributed by atoms with E-state index in [0.29, 0.717) is 11.5 Å². The Bertz CT molecular complexity index is 1460. The molecule has 34 heavy (non-hydrogen) atoms. The van der Waals surface area contributed by atoms with Crippen LogP contribution in [0, 0.1) is 6.92 Å². The molecule has 1 aromatic heterocycles. The third-order valence-corrected chi connectivity index (χ3v) is 6.64. The zero-order valence-electron chi connectivity index (χ0n) is 18.6. The molecule has 2 amide bonds. The number of fused-ring (bicyclic) bond motifs is 1. The van der Waals surface area contributed by atoms with Crippen LogP contribution in [0.25, 0.3) is 11.0 Å². The second-order valence-corrected chi connectivity index (χ2v) is 9.43. The second-order valence-electron chi connectivity index (χ2n) is 7.75. The molecule has 0 aliphatic heterocycles. The maximum atomic E-state index is 12.6. The van der Waals surface area contributed by atoms with Gasteiger partial charge in [-0.25, -0.2) is 13.4 Å². The number of hydrogen-bond donors (Lipinski definition) is 3. The molecule has 0 radical (unpaired) electrons. The highest BCUT2D eigenvalue weighted by atomic mass is 32.2. The summed E-state index contributed by atoms with van der Waals surface area (Å²) in [5, 5.41) is 0. The van der Waals surface area contributed by atoms with Crippen molar-refractivity contribution in [2.24, 2.45) is 7.05 Å². The Morgan fingerprint density at radius 1 is 0.912 bits per heavy atom. The summed E-state index contributed by atoms with van der Waals surface area (Å²) >= 11 is 0. The number of benzene rings is 3. The number of amides is 2. The van der Waals surface area contributed by atoms with Crippen LogP contribution in [0.2, 0.25) is 0 Å². The fraction of sp³-hybridized carbons (Fsp3) is 0.125. The van der Waals surface area contributed by atoms with Gasteiger partial charge in [0.15, 0.2) is 0 Å². The molecule has 10 heteroatoms. The van der Waals surface area contributed by atoms with Gasteiger partial charge in [-0.05, 0) is 55.5 Å². The lowest BCUT2D eigenvalue weighted by atomic mass is 10.2. The number of aryl methyl sites for hydroxylation is 2. The number of para-hydroxylation sites is 2. The number of carbonyl (C=O) groups is 2. The normalized spacial score (nSPS) is 11.2. The summed E-state index contributed by atoms with van der Waals surface area (Å²) in [6.07, 6.45) is -0.0205. The minimum absolute atomic E-state index is 0.00973. The smallest absolute Gasteiger partial charge is 0.269 e. The van der Waals surface area contributed by atoms with Crippen molar-refractivity contribution in [1.82, 2.24) is 20.4 Å². The lowest BCUT2D eigenvalue weighted by molar-refractivity contribution is -0.121. The van der Waals surface area contributed by atoms with E-state index < -0.39 is 21.8 Å². The molecule has 0 atom stereocenters. The van der Waals surface area contributed by atoms with Gasteiger partial charge >= 0.3 is 0 Å². The summed E-state index contributed by atoms with van der Waals surface area (Å²) in [5.41, 5.74) is 8.03. The molecule has 4 rings (SSSR count). The van der Waals surface area contributed by atoms with Crippen molar-refractivity contribution in [1.29, 1.82) is 0 Å². The van der Waals surface area contributed by atoms with Crippen molar-refractivity contribution >= 4 is 38.6 Å². The standard InChI is InChI=1S/C24H23N5O4S/c1-16-7-11-18(12-8-16)28-34(32,33)19-13-9-17(10-14-19)24(31)27-26-23(30)15-22-25-20-5-3-4-6-21(20)29(22)2/h3-14,28H,15H2,1-2H3,(H,26,30)(H,27,31). The summed E-state index contributed by atoms with van der Waals surface area (Å²) in [6.45, 7) is 1.91. The molecule has 9 nitrogen and oxygen atoms in total. The molecule has 0 spiro atoms. The Balaban J connectivity index is 1.35.